The molecule has 1 fully saturated rings. The molecule has 6 nitrogen and oxygen atoms in total. The largest absolute Gasteiger partial charge is 0.508 e. The van der Waals surface area contributed by atoms with Gasteiger partial charge >= 0.3 is 0 Å². The van der Waals surface area contributed by atoms with Crippen molar-refractivity contribution in [1.29, 1.82) is 0 Å². The molecule has 1 aliphatic heterocycles. The van der Waals surface area contributed by atoms with Gasteiger partial charge in [0.25, 0.3) is 0 Å². The van der Waals surface area contributed by atoms with Crippen LogP contribution in [0, 0.1) is 0 Å². The lowest BCUT2D eigenvalue weighted by Gasteiger charge is -2.36. The normalized spacial score (nSPS) is 17.6. The highest BCUT2D eigenvalue weighted by atomic mass is 16.3. The summed E-state index contributed by atoms with van der Waals surface area (Å²) in [6.45, 7) is 1.95. The molecule has 6 heteroatoms. The second-order valence-corrected chi connectivity index (χ2v) is 6.84. The van der Waals surface area contributed by atoms with E-state index in [1.165, 1.54) is 24.0 Å². The topological polar surface area (TPSA) is 74.2 Å². The maximum Gasteiger partial charge on any atom is 0.150 e. The molecule has 4 rings (SSSR count). The Kier molecular flexibility index (Phi) is 5.25. The maximum absolute atomic E-state index is 9.49. The van der Waals surface area contributed by atoms with Crippen molar-refractivity contribution in [3.8, 4) is 5.75 Å². The number of benzene rings is 1. The molecule has 3 heterocycles. The van der Waals surface area contributed by atoms with Crippen LogP contribution in [0.15, 0.2) is 61.2 Å². The molecule has 1 aromatic carbocycles. The van der Waals surface area contributed by atoms with Crippen LogP contribution in [0.1, 0.15) is 36.4 Å². The summed E-state index contributed by atoms with van der Waals surface area (Å²) in [5.41, 5.74) is 2.45. The van der Waals surface area contributed by atoms with Crippen LogP contribution in [-0.4, -0.2) is 31.5 Å². The molecule has 1 atom stereocenters. The quantitative estimate of drug-likeness (QED) is 0.714. The second kappa shape index (κ2) is 8.14. The van der Waals surface area contributed by atoms with Gasteiger partial charge in [-0.05, 0) is 48.7 Å². The van der Waals surface area contributed by atoms with E-state index in [0.717, 1.165) is 25.3 Å². The Hall–Kier alpha value is -2.99. The van der Waals surface area contributed by atoms with E-state index >= 15 is 0 Å². The Balaban J connectivity index is 1.47. The summed E-state index contributed by atoms with van der Waals surface area (Å²) < 4.78 is 0. The number of nitrogens with one attached hydrogen (secondary N) is 1. The zero-order chi connectivity index (χ0) is 18.5. The van der Waals surface area contributed by atoms with E-state index in [0.29, 0.717) is 17.6 Å². The summed E-state index contributed by atoms with van der Waals surface area (Å²) in [6, 6.07) is 12.0. The Morgan fingerprint density at radius 1 is 0.963 bits per heavy atom. The molecule has 27 heavy (non-hydrogen) atoms. The number of hydrogen-bond donors (Lipinski definition) is 2. The molecule has 1 aliphatic rings. The molecule has 0 bridgehead atoms. The average molecular weight is 361 g/mol. The minimum absolute atomic E-state index is 0.310. The maximum atomic E-state index is 9.49. The number of phenols is 1. The zero-order valence-electron chi connectivity index (χ0n) is 15.1. The van der Waals surface area contributed by atoms with Gasteiger partial charge in [-0.1, -0.05) is 24.6 Å². The van der Waals surface area contributed by atoms with Crippen LogP contribution in [0.25, 0.3) is 0 Å². The van der Waals surface area contributed by atoms with Gasteiger partial charge in [-0.25, -0.2) is 9.97 Å². The van der Waals surface area contributed by atoms with Gasteiger partial charge in [0, 0.05) is 31.2 Å². The van der Waals surface area contributed by atoms with Gasteiger partial charge < -0.3 is 10.4 Å². The number of rotatable bonds is 5. The van der Waals surface area contributed by atoms with E-state index in [2.05, 4.69) is 31.2 Å². The van der Waals surface area contributed by atoms with Crippen molar-refractivity contribution in [1.82, 2.24) is 19.9 Å². The van der Waals surface area contributed by atoms with Crippen LogP contribution in [-0.2, 0) is 6.54 Å². The van der Waals surface area contributed by atoms with E-state index in [4.69, 9.17) is 0 Å². The first-order valence-electron chi connectivity index (χ1n) is 9.29. The number of phenolic OH excluding ortho intramolecular Hbond substituents is 1. The lowest BCUT2D eigenvalue weighted by Crippen LogP contribution is -2.33. The molecule has 0 amide bonds. The van der Waals surface area contributed by atoms with Gasteiger partial charge in [0.15, 0.2) is 0 Å². The zero-order valence-corrected chi connectivity index (χ0v) is 15.1. The molecule has 0 spiro atoms. The third-order valence-corrected chi connectivity index (χ3v) is 4.93. The first kappa shape index (κ1) is 17.4. The number of aromatic hydroxyl groups is 1. The predicted molar refractivity (Wildman–Crippen MR) is 105 cm³/mol. The average Bonchev–Trinajstić information content (AvgIpc) is 2.72. The number of piperidine rings is 1. The molecule has 2 aromatic heterocycles. The van der Waals surface area contributed by atoms with Crippen molar-refractivity contribution < 1.29 is 5.11 Å². The number of likely N-dealkylation sites (tertiary alicyclic amines) is 1. The minimum atomic E-state index is 0.310. The molecule has 0 radical (unpaired) electrons. The van der Waals surface area contributed by atoms with Gasteiger partial charge in [0.05, 0.1) is 6.20 Å². The molecule has 138 valence electrons. The molecular formula is C21H23N5O. The first-order chi connectivity index (χ1) is 13.3. The second-order valence-electron chi connectivity index (χ2n) is 6.84. The van der Waals surface area contributed by atoms with Crippen LogP contribution in [0.2, 0.25) is 0 Å². The van der Waals surface area contributed by atoms with Crippen LogP contribution < -0.4 is 5.32 Å². The summed E-state index contributed by atoms with van der Waals surface area (Å²) in [5, 5.41) is 12.7. The van der Waals surface area contributed by atoms with Crippen LogP contribution in [0.4, 0.5) is 11.6 Å². The molecule has 3 aromatic rings. The van der Waals surface area contributed by atoms with Crippen molar-refractivity contribution >= 4 is 11.6 Å². The third-order valence-electron chi connectivity index (χ3n) is 4.93. The van der Waals surface area contributed by atoms with E-state index in [1.54, 1.807) is 30.7 Å². The summed E-state index contributed by atoms with van der Waals surface area (Å²) >= 11 is 0. The number of nitrogens with zero attached hydrogens (tertiary/aromatic N) is 4. The first-order valence-corrected chi connectivity index (χ1v) is 9.29. The van der Waals surface area contributed by atoms with E-state index < -0.39 is 0 Å². The molecular weight excluding hydrogens is 338 g/mol. The predicted octanol–water partition coefficient (Wildman–Crippen LogP) is 4.05. The van der Waals surface area contributed by atoms with Crippen molar-refractivity contribution in [3.05, 3.63) is 72.3 Å². The lowest BCUT2D eigenvalue weighted by atomic mass is 9.95. The number of aromatic nitrogens is 3. The monoisotopic (exact) mass is 361 g/mol. The Labute approximate surface area is 158 Å². The van der Waals surface area contributed by atoms with Gasteiger partial charge in [0.1, 0.15) is 17.4 Å². The number of hydrogen-bond acceptors (Lipinski definition) is 6. The highest BCUT2D eigenvalue weighted by molar-refractivity contribution is 5.50. The summed E-state index contributed by atoms with van der Waals surface area (Å²) in [4.78, 5) is 15.3. The fourth-order valence-electron chi connectivity index (χ4n) is 3.56. The Morgan fingerprint density at radius 3 is 2.59 bits per heavy atom. The lowest BCUT2D eigenvalue weighted by molar-refractivity contribution is 0.140. The van der Waals surface area contributed by atoms with Gasteiger partial charge in [0.2, 0.25) is 0 Å². The minimum Gasteiger partial charge on any atom is -0.508 e. The summed E-state index contributed by atoms with van der Waals surface area (Å²) in [5.74, 6) is 1.76. The fourth-order valence-corrected chi connectivity index (χ4v) is 3.56. The molecule has 0 saturated carbocycles. The third kappa shape index (κ3) is 4.41. The standard InChI is InChI=1S/C21H23N5O/c27-18-7-4-16(5-8-18)15-26-12-2-1-3-19(26)17-6-9-20(24-13-17)25-21-14-22-10-11-23-21/h4-11,13-14,19,27H,1-3,12,15H2,(H,23,24,25). The Morgan fingerprint density at radius 2 is 1.85 bits per heavy atom. The molecule has 2 N–H and O–H groups in total. The molecule has 0 aliphatic carbocycles. The smallest absolute Gasteiger partial charge is 0.150 e. The number of pyridine rings is 1. The fraction of sp³-hybridized carbons (Fsp3) is 0.286. The molecule has 1 saturated heterocycles. The van der Waals surface area contributed by atoms with Crippen molar-refractivity contribution in [2.75, 3.05) is 11.9 Å². The van der Waals surface area contributed by atoms with E-state index in [1.807, 2.05) is 24.4 Å². The molecule has 1 unspecified atom stereocenters. The van der Waals surface area contributed by atoms with Crippen molar-refractivity contribution in [2.45, 2.75) is 31.8 Å². The summed E-state index contributed by atoms with van der Waals surface area (Å²) in [6.07, 6.45) is 10.5. The van der Waals surface area contributed by atoms with Gasteiger partial charge in [-0.2, -0.15) is 0 Å². The van der Waals surface area contributed by atoms with E-state index in [-0.39, 0.29) is 0 Å². The van der Waals surface area contributed by atoms with Crippen LogP contribution >= 0.6 is 0 Å². The van der Waals surface area contributed by atoms with E-state index in [9.17, 15) is 5.11 Å². The van der Waals surface area contributed by atoms with Crippen LogP contribution in [0.3, 0.4) is 0 Å². The SMILES string of the molecule is Oc1ccc(CN2CCCCC2c2ccc(Nc3cnccn3)nc2)cc1. The number of anilines is 2. The van der Waals surface area contributed by atoms with Gasteiger partial charge in [-0.15, -0.1) is 0 Å². The highest BCUT2D eigenvalue weighted by Gasteiger charge is 2.24. The van der Waals surface area contributed by atoms with Crippen LogP contribution in [0.5, 0.6) is 5.75 Å². The highest BCUT2D eigenvalue weighted by Crippen LogP contribution is 2.32. The van der Waals surface area contributed by atoms with Crippen molar-refractivity contribution in [3.63, 3.8) is 0 Å². The van der Waals surface area contributed by atoms with Gasteiger partial charge in [-0.3, -0.25) is 9.88 Å². The summed E-state index contributed by atoms with van der Waals surface area (Å²) in [7, 11) is 0. The Bertz CT molecular complexity index is 852. The van der Waals surface area contributed by atoms with Crippen molar-refractivity contribution in [2.24, 2.45) is 0 Å².